The van der Waals surface area contributed by atoms with E-state index in [1.165, 1.54) is 18.1 Å². The lowest BCUT2D eigenvalue weighted by molar-refractivity contribution is -0.121. The van der Waals surface area contributed by atoms with E-state index in [9.17, 15) is 9.59 Å². The average molecular weight is 463 g/mol. The van der Waals surface area contributed by atoms with Gasteiger partial charge in [0.1, 0.15) is 17.8 Å². The highest BCUT2D eigenvalue weighted by Gasteiger charge is 2.35. The highest BCUT2D eigenvalue weighted by atomic mass is 16.5. The number of amides is 2. The second-order valence-electron chi connectivity index (χ2n) is 8.50. The maximum atomic E-state index is 13.4. The average Bonchev–Trinajstić information content (AvgIpc) is 3.43. The number of carbonyl (C=O) groups is 2. The Balaban J connectivity index is 1.58. The molecule has 0 bridgehead atoms. The topological polar surface area (TPSA) is 81.0 Å². The fourth-order valence-electron chi connectivity index (χ4n) is 4.43. The first-order chi connectivity index (χ1) is 16.5. The number of ether oxygens (including phenoxy) is 2. The van der Waals surface area contributed by atoms with Gasteiger partial charge in [-0.25, -0.2) is 0 Å². The molecule has 1 fully saturated rings. The zero-order valence-electron chi connectivity index (χ0n) is 19.7. The summed E-state index contributed by atoms with van der Waals surface area (Å²) in [6.45, 7) is 3.00. The van der Waals surface area contributed by atoms with Crippen LogP contribution in [0.4, 0.5) is 5.69 Å². The number of nitrogens with zero attached hydrogens (tertiary/aromatic N) is 1. The van der Waals surface area contributed by atoms with Gasteiger partial charge in [0.25, 0.3) is 5.91 Å². The number of hydrogen-bond donors (Lipinski definition) is 1. The molecule has 1 aliphatic heterocycles. The fraction of sp³-hybridized carbons (Fsp3) is 0.333. The Labute approximate surface area is 199 Å². The molecule has 7 nitrogen and oxygen atoms in total. The minimum absolute atomic E-state index is 0.0454. The molecule has 3 aromatic rings. The molecule has 1 aromatic heterocycles. The van der Waals surface area contributed by atoms with Gasteiger partial charge in [-0.1, -0.05) is 31.2 Å². The number of carbonyl (C=O) groups excluding carboxylic acids is 2. The van der Waals surface area contributed by atoms with Gasteiger partial charge in [0.15, 0.2) is 0 Å². The van der Waals surface area contributed by atoms with E-state index in [1.54, 1.807) is 43.4 Å². The van der Waals surface area contributed by atoms with E-state index in [2.05, 4.69) is 36.5 Å². The number of hydrogen-bond acceptors (Lipinski definition) is 5. The van der Waals surface area contributed by atoms with E-state index < -0.39 is 0 Å². The predicted molar refractivity (Wildman–Crippen MR) is 129 cm³/mol. The molecule has 178 valence electrons. The molecule has 1 N–H and O–H groups in total. The molecule has 1 saturated heterocycles. The summed E-state index contributed by atoms with van der Waals surface area (Å²) in [6, 6.07) is 15.3. The van der Waals surface area contributed by atoms with E-state index in [0.717, 1.165) is 12.0 Å². The van der Waals surface area contributed by atoms with Crippen molar-refractivity contribution in [3.63, 3.8) is 0 Å². The summed E-state index contributed by atoms with van der Waals surface area (Å²) < 4.78 is 15.8. The van der Waals surface area contributed by atoms with Gasteiger partial charge in [-0.15, -0.1) is 0 Å². The van der Waals surface area contributed by atoms with E-state index in [1.807, 2.05) is 0 Å². The molecule has 2 atom stereocenters. The van der Waals surface area contributed by atoms with Gasteiger partial charge in [-0.3, -0.25) is 9.59 Å². The summed E-state index contributed by atoms with van der Waals surface area (Å²) in [7, 11) is 3.13. The summed E-state index contributed by atoms with van der Waals surface area (Å²) in [5, 5.41) is 2.99. The van der Waals surface area contributed by atoms with Crippen molar-refractivity contribution in [1.82, 2.24) is 4.90 Å². The van der Waals surface area contributed by atoms with Crippen molar-refractivity contribution in [2.24, 2.45) is 5.92 Å². The van der Waals surface area contributed by atoms with Crippen LogP contribution >= 0.6 is 0 Å². The molecule has 1 aliphatic rings. The van der Waals surface area contributed by atoms with Gasteiger partial charge >= 0.3 is 0 Å². The van der Waals surface area contributed by atoms with Gasteiger partial charge in [-0.2, -0.15) is 0 Å². The van der Waals surface area contributed by atoms with E-state index in [4.69, 9.17) is 13.9 Å². The second kappa shape index (κ2) is 10.5. The van der Waals surface area contributed by atoms with Crippen molar-refractivity contribution in [3.8, 4) is 11.5 Å². The molecule has 0 spiro atoms. The number of piperidine rings is 1. The minimum Gasteiger partial charge on any atom is -0.497 e. The first-order valence-corrected chi connectivity index (χ1v) is 11.5. The number of aryl methyl sites for hydroxylation is 1. The summed E-state index contributed by atoms with van der Waals surface area (Å²) >= 11 is 0. The summed E-state index contributed by atoms with van der Waals surface area (Å²) in [6.07, 6.45) is 4.53. The summed E-state index contributed by atoms with van der Waals surface area (Å²) in [5.41, 5.74) is 3.43. The van der Waals surface area contributed by atoms with Gasteiger partial charge in [0.05, 0.1) is 37.7 Å². The van der Waals surface area contributed by atoms with Crippen molar-refractivity contribution in [2.45, 2.75) is 25.7 Å². The van der Waals surface area contributed by atoms with Crippen LogP contribution < -0.4 is 14.8 Å². The SMILES string of the molecule is CCc1ccc(C2CC(C(=O)Nc3ccc(OC)cc3OC)CN(C(=O)c3ccoc3)C2)cc1. The van der Waals surface area contributed by atoms with Crippen LogP contribution in [0.25, 0.3) is 0 Å². The third kappa shape index (κ3) is 5.09. The van der Waals surface area contributed by atoms with Crippen molar-refractivity contribution < 1.29 is 23.5 Å². The monoisotopic (exact) mass is 462 g/mol. The van der Waals surface area contributed by atoms with Crippen molar-refractivity contribution in [2.75, 3.05) is 32.6 Å². The van der Waals surface area contributed by atoms with Crippen LogP contribution in [-0.4, -0.2) is 44.0 Å². The normalized spacial score (nSPS) is 17.8. The minimum atomic E-state index is -0.382. The van der Waals surface area contributed by atoms with Gasteiger partial charge in [0.2, 0.25) is 5.91 Å². The number of benzene rings is 2. The largest absolute Gasteiger partial charge is 0.497 e. The Morgan fingerprint density at radius 3 is 2.50 bits per heavy atom. The highest BCUT2D eigenvalue weighted by molar-refractivity contribution is 5.97. The van der Waals surface area contributed by atoms with Crippen molar-refractivity contribution in [1.29, 1.82) is 0 Å². The van der Waals surface area contributed by atoms with E-state index in [-0.39, 0.29) is 23.7 Å². The van der Waals surface area contributed by atoms with Crippen LogP contribution in [-0.2, 0) is 11.2 Å². The lowest BCUT2D eigenvalue weighted by atomic mass is 9.83. The first-order valence-electron chi connectivity index (χ1n) is 11.5. The maximum absolute atomic E-state index is 13.4. The Kier molecular flexibility index (Phi) is 7.21. The fourth-order valence-corrected chi connectivity index (χ4v) is 4.43. The van der Waals surface area contributed by atoms with Crippen LogP contribution in [0.1, 0.15) is 40.7 Å². The molecule has 7 heteroatoms. The van der Waals surface area contributed by atoms with Crippen molar-refractivity contribution in [3.05, 3.63) is 77.7 Å². The molecule has 2 amide bonds. The quantitative estimate of drug-likeness (QED) is 0.548. The van der Waals surface area contributed by atoms with Crippen molar-refractivity contribution >= 4 is 17.5 Å². The summed E-state index contributed by atoms with van der Waals surface area (Å²) in [4.78, 5) is 28.3. The number of anilines is 1. The van der Waals surface area contributed by atoms with Gasteiger partial charge < -0.3 is 24.1 Å². The van der Waals surface area contributed by atoms with E-state index >= 15 is 0 Å². The first kappa shape index (κ1) is 23.4. The standard InChI is InChI=1S/C27H30N2O5/c1-4-18-5-7-19(8-6-18)21-13-22(16-29(15-21)27(31)20-11-12-34-17-20)26(30)28-24-10-9-23(32-2)14-25(24)33-3/h5-12,14,17,21-22H,4,13,15-16H2,1-3H3,(H,28,30). The lowest BCUT2D eigenvalue weighted by Gasteiger charge is -2.37. The third-order valence-corrected chi connectivity index (χ3v) is 6.40. The molecule has 2 unspecified atom stereocenters. The molecule has 2 aromatic carbocycles. The number of methoxy groups -OCH3 is 2. The van der Waals surface area contributed by atoms with Crippen LogP contribution in [0.2, 0.25) is 0 Å². The van der Waals surface area contributed by atoms with Gasteiger partial charge in [0, 0.05) is 25.1 Å². The Morgan fingerprint density at radius 1 is 1.06 bits per heavy atom. The Hall–Kier alpha value is -3.74. The predicted octanol–water partition coefficient (Wildman–Crippen LogP) is 4.74. The molecule has 0 saturated carbocycles. The van der Waals surface area contributed by atoms with Crippen LogP contribution in [0.3, 0.4) is 0 Å². The number of likely N-dealkylation sites (tertiary alicyclic amines) is 1. The molecule has 2 heterocycles. The molecular weight excluding hydrogens is 432 g/mol. The summed E-state index contributed by atoms with van der Waals surface area (Å²) in [5.74, 6) is 0.532. The molecule has 34 heavy (non-hydrogen) atoms. The Morgan fingerprint density at radius 2 is 1.85 bits per heavy atom. The number of rotatable bonds is 7. The second-order valence-corrected chi connectivity index (χ2v) is 8.50. The molecule has 4 rings (SSSR count). The van der Waals surface area contributed by atoms with E-state index in [0.29, 0.717) is 42.3 Å². The van der Waals surface area contributed by atoms with Crippen LogP contribution in [0.15, 0.2) is 65.5 Å². The van der Waals surface area contributed by atoms with Crippen LogP contribution in [0, 0.1) is 5.92 Å². The molecule has 0 aliphatic carbocycles. The third-order valence-electron chi connectivity index (χ3n) is 6.40. The smallest absolute Gasteiger partial charge is 0.257 e. The van der Waals surface area contributed by atoms with Gasteiger partial charge in [-0.05, 0) is 42.2 Å². The molecular formula is C27H30N2O5. The number of furan rings is 1. The Bertz CT molecular complexity index is 1120. The lowest BCUT2D eigenvalue weighted by Crippen LogP contribution is -2.46. The maximum Gasteiger partial charge on any atom is 0.257 e. The number of nitrogens with one attached hydrogen (secondary N) is 1. The zero-order valence-corrected chi connectivity index (χ0v) is 19.7. The zero-order chi connectivity index (χ0) is 24.1. The van der Waals surface area contributed by atoms with Crippen LogP contribution in [0.5, 0.6) is 11.5 Å². The highest BCUT2D eigenvalue weighted by Crippen LogP contribution is 2.34. The molecule has 0 radical (unpaired) electrons.